The number of benzene rings is 1. The molecule has 1 atom stereocenters. The first kappa shape index (κ1) is 16.6. The van der Waals surface area contributed by atoms with Gasteiger partial charge < -0.3 is 20.1 Å². The van der Waals surface area contributed by atoms with Gasteiger partial charge in [-0.2, -0.15) is 0 Å². The van der Waals surface area contributed by atoms with Gasteiger partial charge in [-0.25, -0.2) is 0 Å². The van der Waals surface area contributed by atoms with Crippen LogP contribution in [-0.4, -0.2) is 39.3 Å². The Hall–Kier alpha value is -1.46. The number of ether oxygens (including phenoxy) is 2. The lowest BCUT2D eigenvalue weighted by Crippen LogP contribution is -2.36. The highest BCUT2D eigenvalue weighted by molar-refractivity contribution is 5.96. The number of amides is 1. The van der Waals surface area contributed by atoms with E-state index in [4.69, 9.17) is 9.47 Å². The molecule has 0 aliphatic carbocycles. The predicted octanol–water partition coefficient (Wildman–Crippen LogP) is 1.53. The van der Waals surface area contributed by atoms with Gasteiger partial charge in [0, 0.05) is 18.2 Å². The lowest BCUT2D eigenvalue weighted by molar-refractivity contribution is 0.0939. The van der Waals surface area contributed by atoms with Gasteiger partial charge >= 0.3 is 0 Å². The molecule has 0 bridgehead atoms. The second-order valence-corrected chi connectivity index (χ2v) is 4.69. The smallest absolute Gasteiger partial charge is 0.251 e. The van der Waals surface area contributed by atoms with Crippen molar-refractivity contribution in [2.24, 2.45) is 0 Å². The van der Waals surface area contributed by atoms with Gasteiger partial charge in [-0.15, -0.1) is 12.4 Å². The molecule has 1 saturated heterocycles. The van der Waals surface area contributed by atoms with E-state index < -0.39 is 0 Å². The van der Waals surface area contributed by atoms with E-state index in [1.54, 1.807) is 20.3 Å². The zero-order valence-corrected chi connectivity index (χ0v) is 12.8. The molecule has 6 heteroatoms. The quantitative estimate of drug-likeness (QED) is 0.885. The van der Waals surface area contributed by atoms with Crippen molar-refractivity contribution in [3.05, 3.63) is 23.3 Å². The maximum atomic E-state index is 12.3. The summed E-state index contributed by atoms with van der Waals surface area (Å²) in [4.78, 5) is 12.3. The molecular weight excluding hydrogens is 280 g/mol. The average molecular weight is 301 g/mol. The largest absolute Gasteiger partial charge is 0.493 e. The average Bonchev–Trinajstić information content (AvgIpc) is 2.90. The Bertz CT molecular complexity index is 474. The summed E-state index contributed by atoms with van der Waals surface area (Å²) in [5, 5.41) is 6.25. The van der Waals surface area contributed by atoms with Gasteiger partial charge in [0.2, 0.25) is 0 Å². The number of carbonyl (C=O) groups is 1. The van der Waals surface area contributed by atoms with Crippen molar-refractivity contribution in [2.75, 3.05) is 27.3 Å². The number of hydrogen-bond donors (Lipinski definition) is 2. The number of methoxy groups -OCH3 is 2. The molecule has 1 aliphatic rings. The van der Waals surface area contributed by atoms with Crippen LogP contribution < -0.4 is 20.1 Å². The summed E-state index contributed by atoms with van der Waals surface area (Å²) in [5.41, 5.74) is 1.51. The van der Waals surface area contributed by atoms with E-state index in [2.05, 4.69) is 10.6 Å². The van der Waals surface area contributed by atoms with Crippen molar-refractivity contribution >= 4 is 18.3 Å². The highest BCUT2D eigenvalue weighted by Crippen LogP contribution is 2.30. The van der Waals surface area contributed by atoms with Crippen molar-refractivity contribution < 1.29 is 14.3 Å². The fraction of sp³-hybridized carbons (Fsp3) is 0.500. The molecule has 0 radical (unpaired) electrons. The fourth-order valence-corrected chi connectivity index (χ4v) is 2.27. The first-order chi connectivity index (χ1) is 9.15. The van der Waals surface area contributed by atoms with Gasteiger partial charge in [-0.3, -0.25) is 4.79 Å². The summed E-state index contributed by atoms with van der Waals surface area (Å²) in [6.07, 6.45) is 0.970. The van der Waals surface area contributed by atoms with Gasteiger partial charge in [0.1, 0.15) is 0 Å². The molecule has 1 fully saturated rings. The molecule has 5 nitrogen and oxygen atoms in total. The number of hydrogen-bond acceptors (Lipinski definition) is 4. The van der Waals surface area contributed by atoms with E-state index in [1.165, 1.54) is 0 Å². The van der Waals surface area contributed by atoms with Crippen molar-refractivity contribution in [2.45, 2.75) is 19.4 Å². The normalized spacial score (nSPS) is 17.2. The van der Waals surface area contributed by atoms with Crippen LogP contribution >= 0.6 is 12.4 Å². The Morgan fingerprint density at radius 2 is 1.95 bits per heavy atom. The van der Waals surface area contributed by atoms with Gasteiger partial charge in [-0.05, 0) is 37.6 Å². The Kier molecular flexibility index (Phi) is 6.10. The molecule has 2 rings (SSSR count). The first-order valence-corrected chi connectivity index (χ1v) is 6.40. The van der Waals surface area contributed by atoms with Gasteiger partial charge in [0.15, 0.2) is 11.5 Å². The summed E-state index contributed by atoms with van der Waals surface area (Å²) >= 11 is 0. The van der Waals surface area contributed by atoms with E-state index in [0.29, 0.717) is 17.1 Å². The van der Waals surface area contributed by atoms with Crippen LogP contribution in [0.5, 0.6) is 11.5 Å². The Morgan fingerprint density at radius 3 is 2.50 bits per heavy atom. The third-order valence-electron chi connectivity index (χ3n) is 3.37. The number of aryl methyl sites for hydroxylation is 1. The summed E-state index contributed by atoms with van der Waals surface area (Å²) in [7, 11) is 3.15. The molecule has 1 amide bonds. The Balaban J connectivity index is 0.00000200. The maximum absolute atomic E-state index is 12.3. The standard InChI is InChI=1S/C14H20N2O3.ClH/c1-9-6-12(18-2)13(19-3)7-11(9)14(17)16-10-4-5-15-8-10;/h6-7,10,15H,4-5,8H2,1-3H3,(H,16,17);1H. The van der Waals surface area contributed by atoms with E-state index in [-0.39, 0.29) is 24.4 Å². The molecule has 1 aliphatic heterocycles. The molecule has 1 aromatic rings. The van der Waals surface area contributed by atoms with Crippen molar-refractivity contribution in [1.82, 2.24) is 10.6 Å². The molecular formula is C14H21ClN2O3. The lowest BCUT2D eigenvalue weighted by Gasteiger charge is -2.15. The molecule has 0 spiro atoms. The number of rotatable bonds is 4. The van der Waals surface area contributed by atoms with Crippen LogP contribution in [-0.2, 0) is 0 Å². The summed E-state index contributed by atoms with van der Waals surface area (Å²) in [6, 6.07) is 3.76. The van der Waals surface area contributed by atoms with Crippen molar-refractivity contribution in [3.63, 3.8) is 0 Å². The number of halogens is 1. The monoisotopic (exact) mass is 300 g/mol. The second-order valence-electron chi connectivity index (χ2n) is 4.69. The molecule has 20 heavy (non-hydrogen) atoms. The SMILES string of the molecule is COc1cc(C)c(C(=O)NC2CCNC2)cc1OC.Cl. The molecule has 1 aromatic carbocycles. The highest BCUT2D eigenvalue weighted by Gasteiger charge is 2.20. The molecule has 1 heterocycles. The molecule has 1 unspecified atom stereocenters. The van der Waals surface area contributed by atoms with Crippen LogP contribution in [0.4, 0.5) is 0 Å². The molecule has 0 saturated carbocycles. The minimum atomic E-state index is -0.0628. The van der Waals surface area contributed by atoms with E-state index in [9.17, 15) is 4.79 Å². The zero-order valence-electron chi connectivity index (χ0n) is 12.0. The van der Waals surface area contributed by atoms with Crippen LogP contribution in [0.3, 0.4) is 0 Å². The number of carbonyl (C=O) groups excluding carboxylic acids is 1. The third-order valence-corrected chi connectivity index (χ3v) is 3.37. The third kappa shape index (κ3) is 3.55. The second kappa shape index (κ2) is 7.36. The van der Waals surface area contributed by atoms with Crippen LogP contribution in [0.15, 0.2) is 12.1 Å². The van der Waals surface area contributed by atoms with E-state index in [1.807, 2.05) is 13.0 Å². The van der Waals surface area contributed by atoms with Crippen LogP contribution in [0, 0.1) is 6.92 Å². The maximum Gasteiger partial charge on any atom is 0.251 e. The molecule has 2 N–H and O–H groups in total. The van der Waals surface area contributed by atoms with Gasteiger partial charge in [0.05, 0.1) is 14.2 Å². The number of nitrogens with one attached hydrogen (secondary N) is 2. The Labute approximate surface area is 125 Å². The van der Waals surface area contributed by atoms with E-state index >= 15 is 0 Å². The first-order valence-electron chi connectivity index (χ1n) is 6.40. The topological polar surface area (TPSA) is 59.6 Å². The summed E-state index contributed by atoms with van der Waals surface area (Å²) in [6.45, 7) is 3.68. The van der Waals surface area contributed by atoms with Crippen molar-refractivity contribution in [1.29, 1.82) is 0 Å². The van der Waals surface area contributed by atoms with Gasteiger partial charge in [-0.1, -0.05) is 0 Å². The van der Waals surface area contributed by atoms with Crippen molar-refractivity contribution in [3.8, 4) is 11.5 Å². The summed E-state index contributed by atoms with van der Waals surface area (Å²) < 4.78 is 10.5. The van der Waals surface area contributed by atoms with E-state index in [0.717, 1.165) is 25.1 Å². The minimum absolute atomic E-state index is 0. The zero-order chi connectivity index (χ0) is 13.8. The highest BCUT2D eigenvalue weighted by atomic mass is 35.5. The fourth-order valence-electron chi connectivity index (χ4n) is 2.27. The Morgan fingerprint density at radius 1 is 1.30 bits per heavy atom. The van der Waals surface area contributed by atoms with Crippen LogP contribution in [0.2, 0.25) is 0 Å². The van der Waals surface area contributed by atoms with Gasteiger partial charge in [0.25, 0.3) is 5.91 Å². The van der Waals surface area contributed by atoms with Crippen LogP contribution in [0.1, 0.15) is 22.3 Å². The summed E-state index contributed by atoms with van der Waals surface area (Å²) in [5.74, 6) is 1.15. The molecule has 0 aromatic heterocycles. The predicted molar refractivity (Wildman–Crippen MR) is 80.3 cm³/mol. The van der Waals surface area contributed by atoms with Crippen LogP contribution in [0.25, 0.3) is 0 Å². The minimum Gasteiger partial charge on any atom is -0.493 e. The molecule has 112 valence electrons. The lowest BCUT2D eigenvalue weighted by atomic mass is 10.1.